The van der Waals surface area contributed by atoms with E-state index in [2.05, 4.69) is 19.9 Å². The minimum absolute atomic E-state index is 0.0913. The first-order valence-electron chi connectivity index (χ1n) is 5.64. The standard InChI is InChI=1S/C12H6ClF2N5O/c13-10-17-11(20-2-1-16-6-20)19-12(18-10)21-9-4-7(14)3-8(15)5-9/h1-6H. The molecule has 2 heterocycles. The first-order chi connectivity index (χ1) is 10.1. The van der Waals surface area contributed by atoms with Gasteiger partial charge in [0.05, 0.1) is 0 Å². The fraction of sp³-hybridized carbons (Fsp3) is 0. The Kier molecular flexibility index (Phi) is 3.44. The quantitative estimate of drug-likeness (QED) is 0.744. The van der Waals surface area contributed by atoms with E-state index in [1.165, 1.54) is 17.1 Å². The van der Waals surface area contributed by atoms with Crippen LogP contribution in [0.5, 0.6) is 11.8 Å². The van der Waals surface area contributed by atoms with Crippen molar-refractivity contribution in [2.24, 2.45) is 0 Å². The second-order valence-corrected chi connectivity index (χ2v) is 4.20. The van der Waals surface area contributed by atoms with Crippen molar-refractivity contribution < 1.29 is 13.5 Å². The fourth-order valence-electron chi connectivity index (χ4n) is 1.55. The van der Waals surface area contributed by atoms with Crippen LogP contribution in [0.1, 0.15) is 0 Å². The summed E-state index contributed by atoms with van der Waals surface area (Å²) in [5.41, 5.74) is 0. The van der Waals surface area contributed by atoms with Crippen molar-refractivity contribution in [3.8, 4) is 17.7 Å². The molecule has 0 bridgehead atoms. The summed E-state index contributed by atoms with van der Waals surface area (Å²) in [6, 6.07) is 2.53. The fourth-order valence-corrected chi connectivity index (χ4v) is 1.70. The zero-order valence-corrected chi connectivity index (χ0v) is 11.0. The number of rotatable bonds is 3. The normalized spacial score (nSPS) is 10.6. The largest absolute Gasteiger partial charge is 0.424 e. The van der Waals surface area contributed by atoms with Crippen molar-refractivity contribution in [3.05, 3.63) is 53.8 Å². The van der Waals surface area contributed by atoms with Crippen LogP contribution in [0, 0.1) is 11.6 Å². The zero-order valence-electron chi connectivity index (χ0n) is 10.2. The molecule has 0 saturated heterocycles. The predicted octanol–water partition coefficient (Wildman–Crippen LogP) is 2.78. The molecule has 0 N–H and O–H groups in total. The van der Waals surface area contributed by atoms with Crippen LogP contribution in [-0.2, 0) is 0 Å². The molecular formula is C12H6ClF2N5O. The summed E-state index contributed by atoms with van der Waals surface area (Å²) in [6.07, 6.45) is 4.58. The molecule has 2 aromatic heterocycles. The third kappa shape index (κ3) is 3.11. The van der Waals surface area contributed by atoms with E-state index < -0.39 is 11.6 Å². The number of aromatic nitrogens is 5. The van der Waals surface area contributed by atoms with Crippen molar-refractivity contribution in [1.82, 2.24) is 24.5 Å². The summed E-state index contributed by atoms with van der Waals surface area (Å²) in [5.74, 6) is -1.48. The zero-order chi connectivity index (χ0) is 14.8. The first kappa shape index (κ1) is 13.4. The van der Waals surface area contributed by atoms with Crippen LogP contribution in [-0.4, -0.2) is 24.5 Å². The first-order valence-corrected chi connectivity index (χ1v) is 6.02. The molecule has 9 heteroatoms. The molecule has 0 radical (unpaired) electrons. The van der Waals surface area contributed by atoms with Crippen LogP contribution in [0.4, 0.5) is 8.78 Å². The van der Waals surface area contributed by atoms with Crippen LogP contribution in [0.25, 0.3) is 5.95 Å². The van der Waals surface area contributed by atoms with Gasteiger partial charge in [-0.1, -0.05) is 0 Å². The number of nitrogens with zero attached hydrogens (tertiary/aromatic N) is 5. The molecule has 106 valence electrons. The average molecular weight is 310 g/mol. The molecule has 0 aliphatic carbocycles. The third-order valence-corrected chi connectivity index (χ3v) is 2.53. The minimum Gasteiger partial charge on any atom is -0.424 e. The Bertz CT molecular complexity index is 761. The Balaban J connectivity index is 1.95. The number of hydrogen-bond donors (Lipinski definition) is 0. The van der Waals surface area contributed by atoms with Crippen molar-refractivity contribution in [2.75, 3.05) is 0 Å². The topological polar surface area (TPSA) is 65.7 Å². The Morgan fingerprint density at radius 3 is 2.48 bits per heavy atom. The highest BCUT2D eigenvalue weighted by Crippen LogP contribution is 2.21. The van der Waals surface area contributed by atoms with Gasteiger partial charge < -0.3 is 4.74 Å². The molecule has 0 atom stereocenters. The molecule has 0 amide bonds. The van der Waals surface area contributed by atoms with Crippen molar-refractivity contribution >= 4 is 11.6 Å². The van der Waals surface area contributed by atoms with Gasteiger partial charge in [-0.2, -0.15) is 15.0 Å². The van der Waals surface area contributed by atoms with Crippen LogP contribution in [0.15, 0.2) is 36.9 Å². The minimum atomic E-state index is -0.778. The highest BCUT2D eigenvalue weighted by molar-refractivity contribution is 6.28. The highest BCUT2D eigenvalue weighted by Gasteiger charge is 2.10. The molecule has 0 unspecified atom stereocenters. The van der Waals surface area contributed by atoms with E-state index in [1.807, 2.05) is 0 Å². The highest BCUT2D eigenvalue weighted by atomic mass is 35.5. The molecule has 21 heavy (non-hydrogen) atoms. The van der Waals surface area contributed by atoms with Gasteiger partial charge in [0, 0.05) is 30.6 Å². The predicted molar refractivity (Wildman–Crippen MR) is 68.4 cm³/mol. The van der Waals surface area contributed by atoms with Gasteiger partial charge in [-0.3, -0.25) is 4.57 Å². The molecule has 0 saturated carbocycles. The lowest BCUT2D eigenvalue weighted by Gasteiger charge is -2.06. The summed E-state index contributed by atoms with van der Waals surface area (Å²) in [4.78, 5) is 15.5. The van der Waals surface area contributed by atoms with E-state index in [1.54, 1.807) is 6.20 Å². The smallest absolute Gasteiger partial charge is 0.328 e. The summed E-state index contributed by atoms with van der Waals surface area (Å²) in [5, 5.41) is -0.124. The van der Waals surface area contributed by atoms with Crippen LogP contribution in [0.3, 0.4) is 0 Å². The number of halogens is 3. The number of imidazole rings is 1. The summed E-state index contributed by atoms with van der Waals surface area (Å²) >= 11 is 5.77. The maximum absolute atomic E-state index is 13.1. The van der Waals surface area contributed by atoms with E-state index in [9.17, 15) is 8.78 Å². The second kappa shape index (κ2) is 5.41. The molecule has 0 aliphatic heterocycles. The van der Waals surface area contributed by atoms with Crippen LogP contribution >= 0.6 is 11.6 Å². The number of benzene rings is 1. The SMILES string of the molecule is Fc1cc(F)cc(Oc2nc(Cl)nc(-n3ccnc3)n2)c1. The maximum atomic E-state index is 13.1. The van der Waals surface area contributed by atoms with Gasteiger partial charge in [-0.25, -0.2) is 13.8 Å². The van der Waals surface area contributed by atoms with E-state index in [-0.39, 0.29) is 23.0 Å². The van der Waals surface area contributed by atoms with E-state index in [0.29, 0.717) is 0 Å². The Morgan fingerprint density at radius 1 is 1.05 bits per heavy atom. The second-order valence-electron chi connectivity index (χ2n) is 3.86. The Hall–Kier alpha value is -2.61. The summed E-state index contributed by atoms with van der Waals surface area (Å²) < 4.78 is 32.9. The molecule has 3 rings (SSSR count). The molecule has 6 nitrogen and oxygen atoms in total. The molecule has 1 aromatic carbocycles. The van der Waals surface area contributed by atoms with Crippen molar-refractivity contribution in [3.63, 3.8) is 0 Å². The molecule has 0 spiro atoms. The van der Waals surface area contributed by atoms with Gasteiger partial charge in [0.15, 0.2) is 0 Å². The molecular weight excluding hydrogens is 304 g/mol. The monoisotopic (exact) mass is 309 g/mol. The van der Waals surface area contributed by atoms with Crippen LogP contribution in [0.2, 0.25) is 5.28 Å². The molecule has 0 aliphatic rings. The van der Waals surface area contributed by atoms with Crippen molar-refractivity contribution in [2.45, 2.75) is 0 Å². The van der Waals surface area contributed by atoms with Gasteiger partial charge in [0.25, 0.3) is 0 Å². The number of hydrogen-bond acceptors (Lipinski definition) is 5. The lowest BCUT2D eigenvalue weighted by Crippen LogP contribution is -2.03. The third-order valence-electron chi connectivity index (χ3n) is 2.36. The van der Waals surface area contributed by atoms with Crippen LogP contribution < -0.4 is 4.74 Å². The Labute approximate surface area is 122 Å². The van der Waals surface area contributed by atoms with Gasteiger partial charge in [-0.15, -0.1) is 0 Å². The van der Waals surface area contributed by atoms with E-state index in [0.717, 1.165) is 18.2 Å². The lowest BCUT2D eigenvalue weighted by molar-refractivity contribution is 0.429. The molecule has 0 fully saturated rings. The average Bonchev–Trinajstić information content (AvgIpc) is 2.90. The van der Waals surface area contributed by atoms with Gasteiger partial charge >= 0.3 is 6.01 Å². The van der Waals surface area contributed by atoms with E-state index in [4.69, 9.17) is 16.3 Å². The van der Waals surface area contributed by atoms with Gasteiger partial charge in [0.1, 0.15) is 23.7 Å². The van der Waals surface area contributed by atoms with E-state index >= 15 is 0 Å². The summed E-state index contributed by atoms with van der Waals surface area (Å²) in [6.45, 7) is 0. The van der Waals surface area contributed by atoms with Gasteiger partial charge in [0.2, 0.25) is 11.2 Å². The molecule has 3 aromatic rings. The van der Waals surface area contributed by atoms with Crippen molar-refractivity contribution in [1.29, 1.82) is 0 Å². The Morgan fingerprint density at radius 2 is 1.81 bits per heavy atom. The summed E-state index contributed by atoms with van der Waals surface area (Å²) in [7, 11) is 0. The maximum Gasteiger partial charge on any atom is 0.328 e. The lowest BCUT2D eigenvalue weighted by atomic mass is 10.3. The van der Waals surface area contributed by atoms with Gasteiger partial charge in [-0.05, 0) is 11.6 Å². The number of ether oxygens (including phenoxy) is 1.